The number of rotatable bonds is 17. The van der Waals surface area contributed by atoms with Gasteiger partial charge < -0.3 is 34.7 Å². The lowest BCUT2D eigenvalue weighted by molar-refractivity contribution is -0.218. The third-order valence-corrected chi connectivity index (χ3v) is 6.75. The Kier molecular flexibility index (Phi) is 12.8. The Balaban J connectivity index is 1.79. The van der Waals surface area contributed by atoms with Gasteiger partial charge >= 0.3 is 6.09 Å². The number of carbonyl (C=O) groups excluding carboxylic acids is 3. The van der Waals surface area contributed by atoms with Crippen molar-refractivity contribution < 1.29 is 39.3 Å². The summed E-state index contributed by atoms with van der Waals surface area (Å²) in [5.74, 6) is 0.428. The molecule has 0 fully saturated rings. The second kappa shape index (κ2) is 16.7. The molecule has 0 bridgehead atoms. The molecule has 11 nitrogen and oxygen atoms in total. The number of amides is 2. The van der Waals surface area contributed by atoms with E-state index in [-0.39, 0.29) is 36.9 Å². The quantitative estimate of drug-likeness (QED) is 0.122. The van der Waals surface area contributed by atoms with Crippen LogP contribution in [-0.4, -0.2) is 94.5 Å². The summed E-state index contributed by atoms with van der Waals surface area (Å²) in [4.78, 5) is 46.4. The second-order valence-electron chi connectivity index (χ2n) is 10.3. The van der Waals surface area contributed by atoms with Crippen molar-refractivity contribution in [3.05, 3.63) is 89.5 Å². The van der Waals surface area contributed by atoms with Crippen molar-refractivity contribution in [2.24, 2.45) is 0 Å². The minimum atomic E-state index is -1.00. The SMILES string of the molecule is CC(Cc1ccc(O)cc1)ON(C(=O)OCCc1ccc(O)cc1)C(CN(C)CCc1ccc(O)cc1)N(C=O)CC=O. The van der Waals surface area contributed by atoms with Crippen molar-refractivity contribution in [1.82, 2.24) is 14.9 Å². The van der Waals surface area contributed by atoms with Gasteiger partial charge in [0.25, 0.3) is 0 Å². The normalized spacial score (nSPS) is 12.3. The van der Waals surface area contributed by atoms with E-state index in [0.29, 0.717) is 38.5 Å². The van der Waals surface area contributed by atoms with E-state index >= 15 is 0 Å². The van der Waals surface area contributed by atoms with Crippen molar-refractivity contribution in [1.29, 1.82) is 0 Å². The minimum absolute atomic E-state index is 0.00793. The number of ether oxygens (including phenoxy) is 1. The Bertz CT molecular complexity index is 1290. The van der Waals surface area contributed by atoms with Crippen molar-refractivity contribution in [3.8, 4) is 17.2 Å². The Hall–Kier alpha value is -4.61. The van der Waals surface area contributed by atoms with Crippen molar-refractivity contribution in [3.63, 3.8) is 0 Å². The number of phenols is 3. The van der Waals surface area contributed by atoms with Gasteiger partial charge in [0.2, 0.25) is 6.41 Å². The molecule has 0 saturated heterocycles. The van der Waals surface area contributed by atoms with Gasteiger partial charge in [-0.1, -0.05) is 36.4 Å². The van der Waals surface area contributed by atoms with Crippen LogP contribution in [0.4, 0.5) is 4.79 Å². The van der Waals surface area contributed by atoms with E-state index in [0.717, 1.165) is 21.8 Å². The summed E-state index contributed by atoms with van der Waals surface area (Å²) in [6.45, 7) is 2.19. The van der Waals surface area contributed by atoms with E-state index in [4.69, 9.17) is 9.57 Å². The lowest BCUT2D eigenvalue weighted by atomic mass is 10.1. The Morgan fingerprint density at radius 3 is 1.84 bits per heavy atom. The van der Waals surface area contributed by atoms with Crippen LogP contribution < -0.4 is 0 Å². The van der Waals surface area contributed by atoms with E-state index < -0.39 is 18.4 Å². The second-order valence-corrected chi connectivity index (χ2v) is 10.3. The first kappa shape index (κ1) is 32.9. The van der Waals surface area contributed by atoms with Crippen LogP contribution in [0.5, 0.6) is 17.2 Å². The molecular weight excluding hydrogens is 554 g/mol. The summed E-state index contributed by atoms with van der Waals surface area (Å²) < 4.78 is 5.57. The van der Waals surface area contributed by atoms with Crippen molar-refractivity contribution >= 4 is 18.8 Å². The summed E-state index contributed by atoms with van der Waals surface area (Å²) in [5.41, 5.74) is 2.69. The van der Waals surface area contributed by atoms with E-state index in [1.54, 1.807) is 67.6 Å². The Morgan fingerprint density at radius 1 is 0.814 bits per heavy atom. The standard InChI is InChI=1S/C32H39N3O8/c1-24(21-27-7-13-30(40)14-8-27)43-35(32(41)42-20-16-26-5-11-29(39)12-6-26)31(34(23-37)18-19-36)22-33(2)17-15-25-3-9-28(38)10-4-25/h3-14,19,23-24,31,38-40H,15-18,20-22H2,1-2H3. The third kappa shape index (κ3) is 11.0. The predicted octanol–water partition coefficient (Wildman–Crippen LogP) is 3.51. The van der Waals surface area contributed by atoms with E-state index in [1.807, 2.05) is 24.1 Å². The molecule has 43 heavy (non-hydrogen) atoms. The van der Waals surface area contributed by atoms with Crippen LogP contribution in [0, 0.1) is 0 Å². The number of aldehydes is 1. The number of carbonyl (C=O) groups is 3. The topological polar surface area (TPSA) is 140 Å². The molecule has 0 aliphatic carbocycles. The fourth-order valence-electron chi connectivity index (χ4n) is 4.40. The van der Waals surface area contributed by atoms with Crippen LogP contribution >= 0.6 is 0 Å². The first-order valence-corrected chi connectivity index (χ1v) is 14.0. The molecule has 11 heteroatoms. The van der Waals surface area contributed by atoms with Gasteiger partial charge in [0.15, 0.2) is 0 Å². The van der Waals surface area contributed by atoms with Crippen LogP contribution in [0.3, 0.4) is 0 Å². The zero-order valence-electron chi connectivity index (χ0n) is 24.4. The number of nitrogens with zero attached hydrogens (tertiary/aromatic N) is 3. The maximum absolute atomic E-state index is 13.5. The fraction of sp³-hybridized carbons (Fsp3) is 0.344. The number of aromatic hydroxyl groups is 3. The molecule has 0 radical (unpaired) electrons. The maximum Gasteiger partial charge on any atom is 0.436 e. The lowest BCUT2D eigenvalue weighted by Crippen LogP contribution is -2.57. The van der Waals surface area contributed by atoms with Gasteiger partial charge in [0.05, 0.1) is 19.3 Å². The molecule has 2 amide bonds. The van der Waals surface area contributed by atoms with Crippen LogP contribution in [0.2, 0.25) is 0 Å². The van der Waals surface area contributed by atoms with Crippen LogP contribution in [0.25, 0.3) is 0 Å². The molecule has 2 atom stereocenters. The fourth-order valence-corrected chi connectivity index (χ4v) is 4.40. The molecule has 230 valence electrons. The van der Waals surface area contributed by atoms with Crippen molar-refractivity contribution in [2.75, 3.05) is 33.3 Å². The number of benzene rings is 3. The van der Waals surface area contributed by atoms with E-state index in [1.165, 1.54) is 4.90 Å². The van der Waals surface area contributed by atoms with Gasteiger partial charge in [0.1, 0.15) is 29.7 Å². The zero-order valence-corrected chi connectivity index (χ0v) is 24.4. The summed E-state index contributed by atoms with van der Waals surface area (Å²) in [6, 6.07) is 20.0. The van der Waals surface area contributed by atoms with Gasteiger partial charge in [-0.05, 0) is 73.5 Å². The van der Waals surface area contributed by atoms with Crippen molar-refractivity contribution in [2.45, 2.75) is 38.5 Å². The highest BCUT2D eigenvalue weighted by molar-refractivity contribution is 5.68. The van der Waals surface area contributed by atoms with Gasteiger partial charge in [-0.2, -0.15) is 5.06 Å². The molecule has 0 aromatic heterocycles. The average Bonchev–Trinajstić information content (AvgIpc) is 2.99. The smallest absolute Gasteiger partial charge is 0.436 e. The first-order chi connectivity index (χ1) is 20.7. The summed E-state index contributed by atoms with van der Waals surface area (Å²) in [7, 11) is 1.82. The minimum Gasteiger partial charge on any atom is -0.508 e. The third-order valence-electron chi connectivity index (χ3n) is 6.75. The highest BCUT2D eigenvalue weighted by Gasteiger charge is 2.33. The van der Waals surface area contributed by atoms with Gasteiger partial charge in [-0.25, -0.2) is 4.79 Å². The lowest BCUT2D eigenvalue weighted by Gasteiger charge is -2.38. The maximum atomic E-state index is 13.5. The molecule has 0 spiro atoms. The van der Waals surface area contributed by atoms with Crippen LogP contribution in [0.15, 0.2) is 72.8 Å². The average molecular weight is 594 g/mol. The Labute approximate surface area is 251 Å². The molecule has 0 aliphatic rings. The number of hydrogen-bond donors (Lipinski definition) is 3. The highest BCUT2D eigenvalue weighted by atomic mass is 16.7. The van der Waals surface area contributed by atoms with E-state index in [2.05, 4.69) is 0 Å². The largest absolute Gasteiger partial charge is 0.508 e. The molecule has 3 aromatic rings. The van der Waals surface area contributed by atoms with Gasteiger partial charge in [0, 0.05) is 25.9 Å². The summed E-state index contributed by atoms with van der Waals surface area (Å²) in [6.07, 6.45) is 0.0873. The molecular formula is C32H39N3O8. The summed E-state index contributed by atoms with van der Waals surface area (Å²) >= 11 is 0. The van der Waals surface area contributed by atoms with E-state index in [9.17, 15) is 29.7 Å². The van der Waals surface area contributed by atoms with Crippen LogP contribution in [-0.2, 0) is 38.4 Å². The highest BCUT2D eigenvalue weighted by Crippen LogP contribution is 2.18. The van der Waals surface area contributed by atoms with Gasteiger partial charge in [-0.15, -0.1) is 0 Å². The van der Waals surface area contributed by atoms with Gasteiger partial charge in [-0.3, -0.25) is 9.63 Å². The number of hydroxylamine groups is 2. The monoisotopic (exact) mass is 593 g/mol. The summed E-state index contributed by atoms with van der Waals surface area (Å²) in [5, 5.41) is 29.7. The predicted molar refractivity (Wildman–Crippen MR) is 159 cm³/mol. The molecule has 3 N–H and O–H groups in total. The molecule has 0 saturated carbocycles. The molecule has 0 heterocycles. The molecule has 0 aliphatic heterocycles. The Morgan fingerprint density at radius 2 is 1.33 bits per heavy atom. The molecule has 3 rings (SSSR count). The number of phenolic OH excluding ortho intramolecular Hbond substituents is 3. The molecule has 3 aromatic carbocycles. The first-order valence-electron chi connectivity index (χ1n) is 14.0. The number of hydrogen-bond acceptors (Lipinski definition) is 9. The molecule has 2 unspecified atom stereocenters. The zero-order chi connectivity index (χ0) is 31.2. The van der Waals surface area contributed by atoms with Crippen LogP contribution in [0.1, 0.15) is 23.6 Å². The number of likely N-dealkylation sites (N-methyl/N-ethyl adjacent to an activating group) is 1.